The molecule has 0 aliphatic carbocycles. The van der Waals surface area contributed by atoms with Crippen LogP contribution in [0.1, 0.15) is 24.6 Å². The summed E-state index contributed by atoms with van der Waals surface area (Å²) in [6.45, 7) is 2.97. The Balaban J connectivity index is 1.72. The number of hydrogen-bond donors (Lipinski definition) is 0. The molecule has 0 aromatic carbocycles. The lowest BCUT2D eigenvalue weighted by atomic mass is 10.2. The van der Waals surface area contributed by atoms with Crippen LogP contribution >= 0.6 is 0 Å². The fourth-order valence-corrected chi connectivity index (χ4v) is 4.96. The summed E-state index contributed by atoms with van der Waals surface area (Å²) in [6, 6.07) is 5.54. The van der Waals surface area contributed by atoms with Crippen molar-refractivity contribution in [3.8, 4) is 6.07 Å². The lowest BCUT2D eigenvalue weighted by Crippen LogP contribution is -2.52. The predicted octanol–water partition coefficient (Wildman–Crippen LogP) is 0.802. The third kappa shape index (κ3) is 2.90. The van der Waals surface area contributed by atoms with E-state index in [0.717, 1.165) is 12.8 Å². The van der Waals surface area contributed by atoms with E-state index in [-0.39, 0.29) is 6.04 Å². The summed E-state index contributed by atoms with van der Waals surface area (Å²) in [5.41, 5.74) is 0. The van der Waals surface area contributed by atoms with Gasteiger partial charge in [-0.05, 0) is 25.0 Å². The highest BCUT2D eigenvalue weighted by atomic mass is 32.2. The smallest absolute Gasteiger partial charge is 0.282 e. The molecule has 0 spiro atoms. The highest BCUT2D eigenvalue weighted by Gasteiger charge is 2.40. The van der Waals surface area contributed by atoms with Crippen molar-refractivity contribution in [3.05, 3.63) is 24.2 Å². The Bertz CT molecular complexity index is 630. The van der Waals surface area contributed by atoms with E-state index in [0.29, 0.717) is 45.0 Å². The first-order valence-corrected chi connectivity index (χ1v) is 8.92. The molecule has 3 heterocycles. The third-order valence-electron chi connectivity index (χ3n) is 4.32. The second-order valence-electron chi connectivity index (χ2n) is 5.63. The highest BCUT2D eigenvalue weighted by Crippen LogP contribution is 2.35. The Morgan fingerprint density at radius 3 is 2.68 bits per heavy atom. The van der Waals surface area contributed by atoms with Crippen molar-refractivity contribution in [1.29, 1.82) is 5.26 Å². The molecule has 1 atom stereocenters. The van der Waals surface area contributed by atoms with E-state index in [1.807, 2.05) is 11.0 Å². The zero-order valence-corrected chi connectivity index (χ0v) is 13.2. The van der Waals surface area contributed by atoms with E-state index in [9.17, 15) is 8.42 Å². The van der Waals surface area contributed by atoms with E-state index in [4.69, 9.17) is 9.68 Å². The Labute approximate surface area is 130 Å². The maximum Gasteiger partial charge on any atom is 0.282 e. The monoisotopic (exact) mass is 324 g/mol. The van der Waals surface area contributed by atoms with Gasteiger partial charge in [-0.1, -0.05) is 0 Å². The van der Waals surface area contributed by atoms with Crippen LogP contribution in [0.25, 0.3) is 0 Å². The number of furan rings is 1. The van der Waals surface area contributed by atoms with Crippen LogP contribution in [0.5, 0.6) is 0 Å². The second-order valence-corrected chi connectivity index (χ2v) is 7.51. The van der Waals surface area contributed by atoms with Crippen molar-refractivity contribution in [3.63, 3.8) is 0 Å². The van der Waals surface area contributed by atoms with Gasteiger partial charge in [0.05, 0.1) is 24.9 Å². The van der Waals surface area contributed by atoms with Crippen molar-refractivity contribution in [1.82, 2.24) is 13.5 Å². The Hall–Kier alpha value is -1.40. The summed E-state index contributed by atoms with van der Waals surface area (Å²) in [5, 5.41) is 8.72. The van der Waals surface area contributed by atoms with Crippen molar-refractivity contribution < 1.29 is 12.8 Å². The molecule has 120 valence electrons. The van der Waals surface area contributed by atoms with Gasteiger partial charge in [0.15, 0.2) is 0 Å². The number of hydrogen-bond acceptors (Lipinski definition) is 5. The topological polar surface area (TPSA) is 80.8 Å². The summed E-state index contributed by atoms with van der Waals surface area (Å²) < 4.78 is 34.3. The average Bonchev–Trinajstić information content (AvgIpc) is 3.19. The standard InChI is InChI=1S/C14H20N4O3S/c15-5-7-16-8-10-17(11-9-16)22(19,20)18-6-1-3-13(18)14-4-2-12-21-14/h2,4,12-13H,1,3,6-11H2/t13-/m1/s1. The van der Waals surface area contributed by atoms with E-state index >= 15 is 0 Å². The zero-order valence-electron chi connectivity index (χ0n) is 12.4. The van der Waals surface area contributed by atoms with Gasteiger partial charge in [-0.3, -0.25) is 4.90 Å². The van der Waals surface area contributed by atoms with Crippen molar-refractivity contribution >= 4 is 10.2 Å². The van der Waals surface area contributed by atoms with Gasteiger partial charge >= 0.3 is 0 Å². The molecule has 8 heteroatoms. The summed E-state index contributed by atoms with van der Waals surface area (Å²) in [7, 11) is -3.48. The molecule has 0 N–H and O–H groups in total. The van der Waals surface area contributed by atoms with Gasteiger partial charge < -0.3 is 4.42 Å². The molecule has 2 saturated heterocycles. The zero-order chi connectivity index (χ0) is 15.6. The Kier molecular flexibility index (Phi) is 4.49. The molecular weight excluding hydrogens is 304 g/mol. The number of nitriles is 1. The first-order valence-electron chi connectivity index (χ1n) is 7.52. The summed E-state index contributed by atoms with van der Waals surface area (Å²) in [4.78, 5) is 1.97. The molecule has 2 fully saturated rings. The summed E-state index contributed by atoms with van der Waals surface area (Å²) in [5.74, 6) is 0.712. The van der Waals surface area contributed by atoms with E-state index in [1.165, 1.54) is 4.31 Å². The predicted molar refractivity (Wildman–Crippen MR) is 79.9 cm³/mol. The highest BCUT2D eigenvalue weighted by molar-refractivity contribution is 7.86. The largest absolute Gasteiger partial charge is 0.468 e. The fraction of sp³-hybridized carbons (Fsp3) is 0.643. The molecule has 1 aromatic rings. The van der Waals surface area contributed by atoms with Crippen LogP contribution in [0.15, 0.2) is 22.8 Å². The summed E-state index contributed by atoms with van der Waals surface area (Å²) >= 11 is 0. The van der Waals surface area contributed by atoms with Crippen molar-refractivity contribution in [2.75, 3.05) is 39.3 Å². The lowest BCUT2D eigenvalue weighted by Gasteiger charge is -2.36. The maximum absolute atomic E-state index is 12.9. The van der Waals surface area contributed by atoms with Crippen LogP contribution in [0, 0.1) is 11.3 Å². The minimum Gasteiger partial charge on any atom is -0.468 e. The molecular formula is C14H20N4O3S. The van der Waals surface area contributed by atoms with Crippen molar-refractivity contribution in [2.45, 2.75) is 18.9 Å². The minimum absolute atomic E-state index is 0.197. The van der Waals surface area contributed by atoms with Crippen LogP contribution in [0.2, 0.25) is 0 Å². The van der Waals surface area contributed by atoms with Gasteiger partial charge in [0.25, 0.3) is 10.2 Å². The quantitative estimate of drug-likeness (QED) is 0.765. The average molecular weight is 324 g/mol. The minimum atomic E-state index is -3.48. The number of nitrogens with zero attached hydrogens (tertiary/aromatic N) is 4. The lowest BCUT2D eigenvalue weighted by molar-refractivity contribution is 0.194. The Morgan fingerprint density at radius 1 is 1.27 bits per heavy atom. The van der Waals surface area contributed by atoms with E-state index in [2.05, 4.69) is 6.07 Å². The molecule has 2 aliphatic rings. The molecule has 0 amide bonds. The van der Waals surface area contributed by atoms with Crippen LogP contribution in [0.3, 0.4) is 0 Å². The second kappa shape index (κ2) is 6.38. The van der Waals surface area contributed by atoms with Gasteiger partial charge in [0.2, 0.25) is 0 Å². The van der Waals surface area contributed by atoms with Crippen LogP contribution < -0.4 is 0 Å². The van der Waals surface area contributed by atoms with Crippen LogP contribution in [0.4, 0.5) is 0 Å². The molecule has 0 radical (unpaired) electrons. The Morgan fingerprint density at radius 2 is 2.05 bits per heavy atom. The van der Waals surface area contributed by atoms with Gasteiger partial charge in [-0.15, -0.1) is 0 Å². The summed E-state index contributed by atoms with van der Waals surface area (Å²) in [6.07, 6.45) is 3.22. The molecule has 0 bridgehead atoms. The number of piperazine rings is 1. The van der Waals surface area contributed by atoms with Gasteiger partial charge in [0, 0.05) is 32.7 Å². The molecule has 1 aromatic heterocycles. The molecule has 7 nitrogen and oxygen atoms in total. The molecule has 0 saturated carbocycles. The molecule has 3 rings (SSSR count). The first kappa shape index (κ1) is 15.5. The molecule has 2 aliphatic heterocycles. The third-order valence-corrected chi connectivity index (χ3v) is 6.37. The molecule has 0 unspecified atom stereocenters. The normalized spacial score (nSPS) is 25.3. The van der Waals surface area contributed by atoms with E-state index in [1.54, 1.807) is 16.6 Å². The molecule has 22 heavy (non-hydrogen) atoms. The van der Waals surface area contributed by atoms with Crippen molar-refractivity contribution in [2.24, 2.45) is 0 Å². The maximum atomic E-state index is 12.9. The van der Waals surface area contributed by atoms with Gasteiger partial charge in [0.1, 0.15) is 5.76 Å². The fourth-order valence-electron chi connectivity index (χ4n) is 3.15. The number of rotatable bonds is 4. The van der Waals surface area contributed by atoms with E-state index < -0.39 is 10.2 Å². The van der Waals surface area contributed by atoms with Crippen LogP contribution in [-0.2, 0) is 10.2 Å². The van der Waals surface area contributed by atoms with Gasteiger partial charge in [-0.25, -0.2) is 0 Å². The van der Waals surface area contributed by atoms with Gasteiger partial charge in [-0.2, -0.15) is 22.3 Å². The SMILES string of the molecule is N#CCN1CCN(S(=O)(=O)N2CCC[C@@H]2c2ccco2)CC1. The van der Waals surface area contributed by atoms with Crippen LogP contribution in [-0.4, -0.2) is 61.2 Å². The first-order chi connectivity index (χ1) is 10.6.